The molecule has 3 rings (SSSR count). The number of hydrogen-bond acceptors (Lipinski definition) is 4. The molecule has 1 aliphatic heterocycles. The maximum absolute atomic E-state index is 12.0. The molecule has 0 saturated heterocycles. The lowest BCUT2D eigenvalue weighted by atomic mass is 10.1. The first-order chi connectivity index (χ1) is 8.72. The molecule has 0 bridgehead atoms. The van der Waals surface area contributed by atoms with Crippen LogP contribution >= 0.6 is 11.3 Å². The summed E-state index contributed by atoms with van der Waals surface area (Å²) in [7, 11) is 0. The van der Waals surface area contributed by atoms with Gasteiger partial charge in [0.25, 0.3) is 5.91 Å². The molecular formula is C13H13N3OS. The van der Waals surface area contributed by atoms with Gasteiger partial charge in [0.05, 0.1) is 5.69 Å². The van der Waals surface area contributed by atoms with Gasteiger partial charge in [0.2, 0.25) is 0 Å². The molecule has 4 nitrogen and oxygen atoms in total. The number of carbonyl (C=O) groups excluding carboxylic acids is 1. The van der Waals surface area contributed by atoms with E-state index in [9.17, 15) is 4.79 Å². The van der Waals surface area contributed by atoms with Crippen molar-refractivity contribution in [3.8, 4) is 0 Å². The van der Waals surface area contributed by atoms with Crippen LogP contribution < -0.4 is 10.6 Å². The van der Waals surface area contributed by atoms with Crippen LogP contribution in [0, 0.1) is 6.92 Å². The minimum Gasteiger partial charge on any atom is -0.306 e. The zero-order valence-electron chi connectivity index (χ0n) is 9.99. The number of benzene rings is 1. The van der Waals surface area contributed by atoms with Crippen LogP contribution in [0.25, 0.3) is 0 Å². The minimum atomic E-state index is -0.101. The van der Waals surface area contributed by atoms with Crippen LogP contribution in [0.5, 0.6) is 0 Å². The molecule has 92 valence electrons. The predicted molar refractivity (Wildman–Crippen MR) is 71.8 cm³/mol. The molecule has 1 aromatic carbocycles. The Kier molecular flexibility index (Phi) is 2.85. The van der Waals surface area contributed by atoms with Crippen molar-refractivity contribution in [2.24, 2.45) is 0 Å². The standard InChI is InChI=1S/C13H13N3OS/c1-8-2-4-9(5-3-8)12(17)16-13-15-10-6-14-7-11(10)18-13/h2-5,14H,6-7H2,1H3,(H,15,16,17). The fourth-order valence-electron chi connectivity index (χ4n) is 1.88. The molecule has 0 saturated carbocycles. The van der Waals surface area contributed by atoms with Crippen LogP contribution in [-0.4, -0.2) is 10.9 Å². The molecule has 0 radical (unpaired) electrons. The van der Waals surface area contributed by atoms with Gasteiger partial charge in [-0.25, -0.2) is 4.98 Å². The summed E-state index contributed by atoms with van der Waals surface area (Å²) < 4.78 is 0. The normalized spacial score (nSPS) is 13.4. The first-order valence-electron chi connectivity index (χ1n) is 5.80. The van der Waals surface area contributed by atoms with Crippen molar-refractivity contribution in [2.75, 3.05) is 5.32 Å². The Morgan fingerprint density at radius 1 is 1.33 bits per heavy atom. The van der Waals surface area contributed by atoms with E-state index in [1.54, 1.807) is 11.3 Å². The molecule has 18 heavy (non-hydrogen) atoms. The molecule has 1 amide bonds. The van der Waals surface area contributed by atoms with Crippen LogP contribution in [0.15, 0.2) is 24.3 Å². The molecular weight excluding hydrogens is 246 g/mol. The summed E-state index contributed by atoms with van der Waals surface area (Å²) >= 11 is 1.54. The monoisotopic (exact) mass is 259 g/mol. The summed E-state index contributed by atoms with van der Waals surface area (Å²) in [6.45, 7) is 3.65. The topological polar surface area (TPSA) is 54.0 Å². The van der Waals surface area contributed by atoms with E-state index in [4.69, 9.17) is 0 Å². The second-order valence-corrected chi connectivity index (χ2v) is 5.40. The Hall–Kier alpha value is -1.72. The average molecular weight is 259 g/mol. The van der Waals surface area contributed by atoms with Gasteiger partial charge in [-0.3, -0.25) is 10.1 Å². The van der Waals surface area contributed by atoms with Gasteiger partial charge < -0.3 is 5.32 Å². The van der Waals surface area contributed by atoms with Gasteiger partial charge in [-0.2, -0.15) is 0 Å². The highest BCUT2D eigenvalue weighted by Crippen LogP contribution is 2.26. The van der Waals surface area contributed by atoms with Crippen LogP contribution in [0.1, 0.15) is 26.5 Å². The van der Waals surface area contributed by atoms with Crippen LogP contribution in [0.4, 0.5) is 5.13 Å². The van der Waals surface area contributed by atoms with Gasteiger partial charge in [-0.05, 0) is 19.1 Å². The number of hydrogen-bond donors (Lipinski definition) is 2. The van der Waals surface area contributed by atoms with Crippen molar-refractivity contribution in [1.29, 1.82) is 0 Å². The van der Waals surface area contributed by atoms with E-state index in [1.165, 1.54) is 4.88 Å². The van der Waals surface area contributed by atoms with Crippen molar-refractivity contribution in [1.82, 2.24) is 10.3 Å². The van der Waals surface area contributed by atoms with Crippen molar-refractivity contribution in [2.45, 2.75) is 20.0 Å². The number of amides is 1. The Morgan fingerprint density at radius 2 is 2.11 bits per heavy atom. The summed E-state index contributed by atoms with van der Waals surface area (Å²) in [6.07, 6.45) is 0. The largest absolute Gasteiger partial charge is 0.306 e. The summed E-state index contributed by atoms with van der Waals surface area (Å²) in [5.41, 5.74) is 2.86. The Bertz CT molecular complexity index is 567. The fourth-order valence-corrected chi connectivity index (χ4v) is 2.82. The second kappa shape index (κ2) is 4.51. The molecule has 0 fully saturated rings. The van der Waals surface area contributed by atoms with Crippen molar-refractivity contribution in [3.63, 3.8) is 0 Å². The maximum Gasteiger partial charge on any atom is 0.257 e. The molecule has 2 N–H and O–H groups in total. The van der Waals surface area contributed by atoms with E-state index in [0.29, 0.717) is 10.7 Å². The smallest absolute Gasteiger partial charge is 0.257 e. The number of aryl methyl sites for hydroxylation is 1. The lowest BCUT2D eigenvalue weighted by Gasteiger charge is -2.02. The molecule has 0 spiro atoms. The van der Waals surface area contributed by atoms with Gasteiger partial charge in [0, 0.05) is 23.5 Å². The van der Waals surface area contributed by atoms with Crippen LogP contribution in [0.3, 0.4) is 0 Å². The lowest BCUT2D eigenvalue weighted by molar-refractivity contribution is 0.102. The molecule has 0 atom stereocenters. The summed E-state index contributed by atoms with van der Waals surface area (Å²) in [4.78, 5) is 17.6. The van der Waals surface area contributed by atoms with E-state index in [1.807, 2.05) is 31.2 Å². The fraction of sp³-hybridized carbons (Fsp3) is 0.231. The third-order valence-electron chi connectivity index (χ3n) is 2.89. The number of aromatic nitrogens is 1. The summed E-state index contributed by atoms with van der Waals surface area (Å²) in [5.74, 6) is -0.101. The highest BCUT2D eigenvalue weighted by Gasteiger charge is 2.17. The van der Waals surface area contributed by atoms with Crippen LogP contribution in [-0.2, 0) is 13.1 Å². The molecule has 1 aromatic heterocycles. The predicted octanol–water partition coefficient (Wildman–Crippen LogP) is 2.31. The molecule has 0 aliphatic carbocycles. The third kappa shape index (κ3) is 2.14. The van der Waals surface area contributed by atoms with Crippen molar-refractivity contribution >= 4 is 22.4 Å². The highest BCUT2D eigenvalue weighted by atomic mass is 32.1. The maximum atomic E-state index is 12.0. The first kappa shape index (κ1) is 11.4. The highest BCUT2D eigenvalue weighted by molar-refractivity contribution is 7.15. The van der Waals surface area contributed by atoms with Gasteiger partial charge in [-0.15, -0.1) is 11.3 Å². The second-order valence-electron chi connectivity index (χ2n) is 4.31. The Labute approximate surface area is 109 Å². The third-order valence-corrected chi connectivity index (χ3v) is 3.90. The number of nitrogens with zero attached hydrogens (tertiary/aromatic N) is 1. The Morgan fingerprint density at radius 3 is 2.83 bits per heavy atom. The van der Waals surface area contributed by atoms with E-state index in [-0.39, 0.29) is 5.91 Å². The number of rotatable bonds is 2. The zero-order valence-corrected chi connectivity index (χ0v) is 10.8. The molecule has 0 unspecified atom stereocenters. The van der Waals surface area contributed by atoms with Gasteiger partial charge >= 0.3 is 0 Å². The average Bonchev–Trinajstić information content (AvgIpc) is 2.90. The van der Waals surface area contributed by atoms with Crippen molar-refractivity contribution in [3.05, 3.63) is 46.0 Å². The number of anilines is 1. The lowest BCUT2D eigenvalue weighted by Crippen LogP contribution is -2.12. The first-order valence-corrected chi connectivity index (χ1v) is 6.61. The van der Waals surface area contributed by atoms with Crippen molar-refractivity contribution < 1.29 is 4.79 Å². The molecule has 2 heterocycles. The van der Waals surface area contributed by atoms with Gasteiger partial charge in [0.15, 0.2) is 5.13 Å². The zero-order chi connectivity index (χ0) is 12.5. The van der Waals surface area contributed by atoms with Gasteiger partial charge in [-0.1, -0.05) is 17.7 Å². The Balaban J connectivity index is 1.75. The minimum absolute atomic E-state index is 0.101. The summed E-state index contributed by atoms with van der Waals surface area (Å²) in [6, 6.07) is 7.52. The quantitative estimate of drug-likeness (QED) is 0.870. The number of carbonyl (C=O) groups is 1. The molecule has 5 heteroatoms. The molecule has 2 aromatic rings. The van der Waals surface area contributed by atoms with E-state index in [2.05, 4.69) is 15.6 Å². The van der Waals surface area contributed by atoms with E-state index < -0.39 is 0 Å². The SMILES string of the molecule is Cc1ccc(C(=O)Nc2nc3c(s2)CNC3)cc1. The number of thiazole rings is 1. The van der Waals surface area contributed by atoms with Crippen LogP contribution in [0.2, 0.25) is 0 Å². The van der Waals surface area contributed by atoms with E-state index >= 15 is 0 Å². The molecule has 1 aliphatic rings. The van der Waals surface area contributed by atoms with Gasteiger partial charge in [0.1, 0.15) is 0 Å². The summed E-state index contributed by atoms with van der Waals surface area (Å²) in [5, 5.41) is 6.76. The number of fused-ring (bicyclic) bond motifs is 1. The number of nitrogens with one attached hydrogen (secondary N) is 2. The van der Waals surface area contributed by atoms with E-state index in [0.717, 1.165) is 24.3 Å².